The Bertz CT molecular complexity index is 610. The fourth-order valence-corrected chi connectivity index (χ4v) is 2.72. The molecule has 0 aliphatic rings. The molecule has 0 heterocycles. The third kappa shape index (κ3) is 3.05. The first-order valence-corrected chi connectivity index (χ1v) is 7.54. The van der Waals surface area contributed by atoms with Crippen molar-refractivity contribution in [3.8, 4) is 0 Å². The van der Waals surface area contributed by atoms with Crippen LogP contribution in [0.15, 0.2) is 42.5 Å². The molecule has 0 aliphatic carbocycles. The predicted molar refractivity (Wildman–Crippen MR) is 93.1 cm³/mol. The molecular formula is C19H26N2. The van der Waals surface area contributed by atoms with E-state index in [-0.39, 0.29) is 5.41 Å². The quantitative estimate of drug-likeness (QED) is 0.793. The van der Waals surface area contributed by atoms with Gasteiger partial charge in [-0.2, -0.15) is 0 Å². The van der Waals surface area contributed by atoms with Crippen LogP contribution < -0.4 is 11.1 Å². The monoisotopic (exact) mass is 282 g/mol. The minimum absolute atomic E-state index is 0.105. The van der Waals surface area contributed by atoms with Crippen LogP contribution in [0.2, 0.25) is 0 Å². The summed E-state index contributed by atoms with van der Waals surface area (Å²) in [6.45, 7) is 8.83. The average Bonchev–Trinajstić information content (AvgIpc) is 2.46. The SMILES string of the molecule is CNc1ccc(C(C)(C)c2ccc(C(C)C)cc2N)cc1. The summed E-state index contributed by atoms with van der Waals surface area (Å²) >= 11 is 0. The van der Waals surface area contributed by atoms with Crippen LogP contribution in [0, 0.1) is 0 Å². The lowest BCUT2D eigenvalue weighted by molar-refractivity contribution is 0.642. The third-order valence-corrected chi connectivity index (χ3v) is 4.31. The molecule has 2 rings (SSSR count). The van der Waals surface area contributed by atoms with Crippen LogP contribution in [-0.2, 0) is 5.41 Å². The molecule has 0 unspecified atom stereocenters. The second-order valence-electron chi connectivity index (χ2n) is 6.45. The van der Waals surface area contributed by atoms with Crippen LogP contribution in [0.4, 0.5) is 11.4 Å². The van der Waals surface area contributed by atoms with Crippen molar-refractivity contribution in [3.63, 3.8) is 0 Å². The molecule has 2 heteroatoms. The first kappa shape index (κ1) is 15.4. The maximum Gasteiger partial charge on any atom is 0.0358 e. The zero-order chi connectivity index (χ0) is 15.6. The molecule has 2 aromatic carbocycles. The van der Waals surface area contributed by atoms with E-state index >= 15 is 0 Å². The molecule has 3 N–H and O–H groups in total. The zero-order valence-electron chi connectivity index (χ0n) is 13.7. The van der Waals surface area contributed by atoms with Crippen LogP contribution in [0.5, 0.6) is 0 Å². The van der Waals surface area contributed by atoms with Gasteiger partial charge in [0, 0.05) is 23.8 Å². The van der Waals surface area contributed by atoms with Crippen LogP contribution >= 0.6 is 0 Å². The molecule has 0 aliphatic heterocycles. The summed E-state index contributed by atoms with van der Waals surface area (Å²) in [7, 11) is 1.93. The van der Waals surface area contributed by atoms with Gasteiger partial charge in [0.2, 0.25) is 0 Å². The summed E-state index contributed by atoms with van der Waals surface area (Å²) in [5.41, 5.74) is 12.0. The van der Waals surface area contributed by atoms with E-state index in [1.54, 1.807) is 0 Å². The molecule has 21 heavy (non-hydrogen) atoms. The summed E-state index contributed by atoms with van der Waals surface area (Å²) in [6.07, 6.45) is 0. The van der Waals surface area contributed by atoms with Crippen molar-refractivity contribution in [1.29, 1.82) is 0 Å². The maximum atomic E-state index is 6.33. The van der Waals surface area contributed by atoms with E-state index in [0.717, 1.165) is 11.4 Å². The summed E-state index contributed by atoms with van der Waals surface area (Å²) < 4.78 is 0. The van der Waals surface area contributed by atoms with E-state index in [4.69, 9.17) is 5.73 Å². The largest absolute Gasteiger partial charge is 0.398 e. The number of hydrogen-bond acceptors (Lipinski definition) is 2. The topological polar surface area (TPSA) is 38.0 Å². The van der Waals surface area contributed by atoms with Gasteiger partial charge in [-0.25, -0.2) is 0 Å². The highest BCUT2D eigenvalue weighted by molar-refractivity contribution is 5.57. The van der Waals surface area contributed by atoms with Gasteiger partial charge in [-0.05, 0) is 40.8 Å². The third-order valence-electron chi connectivity index (χ3n) is 4.31. The highest BCUT2D eigenvalue weighted by Crippen LogP contribution is 2.36. The Hall–Kier alpha value is -1.96. The second-order valence-corrected chi connectivity index (χ2v) is 6.45. The van der Waals surface area contributed by atoms with Crippen molar-refractivity contribution in [2.24, 2.45) is 0 Å². The maximum absolute atomic E-state index is 6.33. The number of anilines is 2. The van der Waals surface area contributed by atoms with Gasteiger partial charge < -0.3 is 11.1 Å². The Kier molecular flexibility index (Phi) is 4.26. The molecule has 0 atom stereocenters. The summed E-state index contributed by atoms with van der Waals surface area (Å²) in [5.74, 6) is 0.499. The Labute approximate surface area is 128 Å². The van der Waals surface area contributed by atoms with E-state index in [0.29, 0.717) is 5.92 Å². The molecular weight excluding hydrogens is 256 g/mol. The highest BCUT2D eigenvalue weighted by Gasteiger charge is 2.25. The standard InChI is InChI=1S/C19H26N2/c1-13(2)14-6-11-17(18(20)12-14)19(3,4)15-7-9-16(21-5)10-8-15/h6-13,21H,20H2,1-5H3. The molecule has 0 aromatic heterocycles. The molecule has 0 radical (unpaired) electrons. The van der Waals surface area contributed by atoms with E-state index in [1.165, 1.54) is 16.7 Å². The van der Waals surface area contributed by atoms with Crippen LogP contribution in [0.3, 0.4) is 0 Å². The Morgan fingerprint density at radius 2 is 1.62 bits per heavy atom. The number of benzene rings is 2. The minimum atomic E-state index is -0.105. The second kappa shape index (κ2) is 5.80. The molecule has 0 spiro atoms. The Morgan fingerprint density at radius 3 is 2.10 bits per heavy atom. The van der Waals surface area contributed by atoms with E-state index in [9.17, 15) is 0 Å². The van der Waals surface area contributed by atoms with Gasteiger partial charge in [0.05, 0.1) is 0 Å². The Morgan fingerprint density at radius 1 is 1.00 bits per heavy atom. The number of nitrogen functional groups attached to an aromatic ring is 1. The lowest BCUT2D eigenvalue weighted by Gasteiger charge is -2.28. The molecule has 112 valence electrons. The molecule has 0 fully saturated rings. The van der Waals surface area contributed by atoms with E-state index in [1.807, 2.05) is 7.05 Å². The van der Waals surface area contributed by atoms with Crippen molar-refractivity contribution in [2.75, 3.05) is 18.1 Å². The van der Waals surface area contributed by atoms with Crippen molar-refractivity contribution in [3.05, 3.63) is 59.2 Å². The molecule has 0 saturated carbocycles. The zero-order valence-corrected chi connectivity index (χ0v) is 13.7. The predicted octanol–water partition coefficient (Wildman–Crippen LogP) is 4.76. The van der Waals surface area contributed by atoms with Gasteiger partial charge in [-0.3, -0.25) is 0 Å². The average molecular weight is 282 g/mol. The number of nitrogens with one attached hydrogen (secondary N) is 1. The summed E-state index contributed by atoms with van der Waals surface area (Å²) in [4.78, 5) is 0. The summed E-state index contributed by atoms with van der Waals surface area (Å²) in [6, 6.07) is 15.0. The van der Waals surface area contributed by atoms with Crippen LogP contribution in [-0.4, -0.2) is 7.05 Å². The van der Waals surface area contributed by atoms with Gasteiger partial charge in [-0.1, -0.05) is 52.0 Å². The molecule has 0 bridgehead atoms. The minimum Gasteiger partial charge on any atom is -0.398 e. The number of nitrogens with two attached hydrogens (primary N) is 1. The van der Waals surface area contributed by atoms with Gasteiger partial charge in [0.25, 0.3) is 0 Å². The van der Waals surface area contributed by atoms with Gasteiger partial charge in [-0.15, -0.1) is 0 Å². The number of rotatable bonds is 4. The highest BCUT2D eigenvalue weighted by atomic mass is 14.8. The van der Waals surface area contributed by atoms with Crippen molar-refractivity contribution in [1.82, 2.24) is 0 Å². The molecule has 2 aromatic rings. The van der Waals surface area contributed by atoms with Crippen molar-refractivity contribution >= 4 is 11.4 Å². The molecule has 0 amide bonds. The van der Waals surface area contributed by atoms with Crippen LogP contribution in [0.25, 0.3) is 0 Å². The molecule has 0 saturated heterocycles. The fourth-order valence-electron chi connectivity index (χ4n) is 2.72. The first-order chi connectivity index (χ1) is 9.86. The van der Waals surface area contributed by atoms with Crippen molar-refractivity contribution in [2.45, 2.75) is 39.0 Å². The first-order valence-electron chi connectivity index (χ1n) is 7.54. The van der Waals surface area contributed by atoms with E-state index < -0.39 is 0 Å². The van der Waals surface area contributed by atoms with Gasteiger partial charge >= 0.3 is 0 Å². The molecule has 2 nitrogen and oxygen atoms in total. The normalized spacial score (nSPS) is 11.7. The smallest absolute Gasteiger partial charge is 0.0358 e. The van der Waals surface area contributed by atoms with Gasteiger partial charge in [0.15, 0.2) is 0 Å². The van der Waals surface area contributed by atoms with Crippen molar-refractivity contribution < 1.29 is 0 Å². The lowest BCUT2D eigenvalue weighted by Crippen LogP contribution is -2.20. The summed E-state index contributed by atoms with van der Waals surface area (Å²) in [5, 5.41) is 3.15. The lowest BCUT2D eigenvalue weighted by atomic mass is 9.76. The Balaban J connectivity index is 2.42. The van der Waals surface area contributed by atoms with Crippen LogP contribution in [0.1, 0.15) is 50.3 Å². The van der Waals surface area contributed by atoms with Gasteiger partial charge in [0.1, 0.15) is 0 Å². The fraction of sp³-hybridized carbons (Fsp3) is 0.368. The van der Waals surface area contributed by atoms with E-state index in [2.05, 4.69) is 75.5 Å². The number of hydrogen-bond donors (Lipinski definition) is 2.